The second-order valence-electron chi connectivity index (χ2n) is 16.0. The van der Waals surface area contributed by atoms with Crippen molar-refractivity contribution in [2.45, 2.75) is 121 Å². The number of carboxylic acid groups (broad SMARTS) is 1. The average Bonchev–Trinajstić information content (AvgIpc) is 2.99. The first-order valence-corrected chi connectivity index (χ1v) is 16.7. The second-order valence-corrected chi connectivity index (χ2v) is 16.0. The molecule has 256 valence electrons. The van der Waals surface area contributed by atoms with E-state index in [9.17, 15) is 50.8 Å². The number of hydrogen-bond donors (Lipinski definition) is 9. The minimum atomic E-state index is -1.63. The van der Waals surface area contributed by atoms with Crippen molar-refractivity contribution in [1.29, 1.82) is 0 Å². The highest BCUT2D eigenvalue weighted by molar-refractivity contribution is 5.77. The first-order valence-electron chi connectivity index (χ1n) is 16.7. The maximum atomic E-state index is 12.8. The van der Waals surface area contributed by atoms with Gasteiger partial charge in [0.25, 0.3) is 0 Å². The molecule has 0 amide bonds. The van der Waals surface area contributed by atoms with Crippen molar-refractivity contribution in [1.82, 2.24) is 0 Å². The van der Waals surface area contributed by atoms with Gasteiger partial charge in [-0.2, -0.15) is 0 Å². The molecule has 1 heterocycles. The number of aliphatic carboxylic acids is 1. The Morgan fingerprint density at radius 1 is 0.911 bits per heavy atom. The van der Waals surface area contributed by atoms with Gasteiger partial charge in [-0.05, 0) is 85.9 Å². The molecule has 12 nitrogen and oxygen atoms in total. The van der Waals surface area contributed by atoms with Crippen LogP contribution in [0.15, 0.2) is 11.6 Å². The molecule has 9 N–H and O–H groups in total. The molecule has 5 fully saturated rings. The summed E-state index contributed by atoms with van der Waals surface area (Å²) in [5, 5.41) is 96.0. The largest absolute Gasteiger partial charge is 0.481 e. The first kappa shape index (κ1) is 33.7. The van der Waals surface area contributed by atoms with Crippen LogP contribution in [0.5, 0.6) is 0 Å². The Morgan fingerprint density at radius 2 is 1.62 bits per heavy atom. The molecule has 11 unspecified atom stereocenters. The molecule has 1 saturated heterocycles. The highest BCUT2D eigenvalue weighted by atomic mass is 16.7. The third-order valence-electron chi connectivity index (χ3n) is 13.5. The van der Waals surface area contributed by atoms with Crippen molar-refractivity contribution >= 4 is 5.97 Å². The number of rotatable bonds is 5. The SMILES string of the molecule is CC1(C)CC2C3=CCC4C(CCC5C4C[C@H](O)[C@H](OC4OC(CO)C(O)C(O)C4O)[C@]5(C)CO)C3C[C@@H](O)[C@@]2(C(=O)O)C[C@@H]1O. The van der Waals surface area contributed by atoms with E-state index in [2.05, 4.69) is 6.08 Å². The van der Waals surface area contributed by atoms with Gasteiger partial charge in [-0.3, -0.25) is 4.79 Å². The van der Waals surface area contributed by atoms with Crippen molar-refractivity contribution in [3.05, 3.63) is 11.6 Å². The normalized spacial score (nSPS) is 54.1. The lowest BCUT2D eigenvalue weighted by atomic mass is 9.43. The van der Waals surface area contributed by atoms with E-state index in [1.165, 1.54) is 0 Å². The van der Waals surface area contributed by atoms with Crippen LogP contribution in [0.1, 0.15) is 65.7 Å². The van der Waals surface area contributed by atoms with Gasteiger partial charge in [0, 0.05) is 5.41 Å². The summed E-state index contributed by atoms with van der Waals surface area (Å²) >= 11 is 0. The zero-order chi connectivity index (χ0) is 32.8. The number of carboxylic acids is 1. The standard InChI is InChI=1S/C33H52O12/c1-31(2)10-20-16-5-4-15-14(17(16)9-23(37)33(20,30(42)43)11-24(31)38)6-7-19-18(15)8-21(36)28(32(19,3)13-35)45-29-27(41)26(40)25(39)22(12-34)44-29/h5,14-15,17-29,34-41H,4,6-13H2,1-3H3,(H,42,43)/t14?,15?,17?,18?,19?,20?,21-,22?,23+,24-,25?,26?,27?,28-,29?,32+,33+/m0/s1. The van der Waals surface area contributed by atoms with Crippen molar-refractivity contribution in [2.75, 3.05) is 13.2 Å². The van der Waals surface area contributed by atoms with E-state index in [0.717, 1.165) is 12.0 Å². The minimum Gasteiger partial charge on any atom is -0.481 e. The second kappa shape index (κ2) is 11.7. The summed E-state index contributed by atoms with van der Waals surface area (Å²) in [4.78, 5) is 12.8. The summed E-state index contributed by atoms with van der Waals surface area (Å²) in [6.45, 7) is 4.85. The lowest BCUT2D eigenvalue weighted by molar-refractivity contribution is -0.338. The fourth-order valence-electron chi connectivity index (χ4n) is 10.8. The van der Waals surface area contributed by atoms with Gasteiger partial charge in [0.15, 0.2) is 6.29 Å². The van der Waals surface area contributed by atoms with Crippen molar-refractivity contribution in [2.24, 2.45) is 51.8 Å². The molecule has 45 heavy (non-hydrogen) atoms. The zero-order valence-electron chi connectivity index (χ0n) is 26.4. The van der Waals surface area contributed by atoms with Gasteiger partial charge >= 0.3 is 5.97 Å². The molecule has 0 radical (unpaired) electrons. The van der Waals surface area contributed by atoms with E-state index in [1.807, 2.05) is 20.8 Å². The molecule has 6 rings (SSSR count). The molecule has 5 aliphatic carbocycles. The Bertz CT molecular complexity index is 1160. The third-order valence-corrected chi connectivity index (χ3v) is 13.5. The maximum absolute atomic E-state index is 12.8. The molecule has 0 bridgehead atoms. The van der Waals surface area contributed by atoms with Gasteiger partial charge in [-0.25, -0.2) is 0 Å². The number of carbonyl (C=O) groups is 1. The van der Waals surface area contributed by atoms with Gasteiger partial charge in [0.2, 0.25) is 0 Å². The summed E-state index contributed by atoms with van der Waals surface area (Å²) in [6, 6.07) is 0. The molecule has 6 aliphatic rings. The summed E-state index contributed by atoms with van der Waals surface area (Å²) < 4.78 is 11.7. The Kier molecular flexibility index (Phi) is 8.80. The van der Waals surface area contributed by atoms with E-state index in [1.54, 1.807) is 0 Å². The molecule has 4 saturated carbocycles. The summed E-state index contributed by atoms with van der Waals surface area (Å²) in [7, 11) is 0. The van der Waals surface area contributed by atoms with Gasteiger partial charge in [0.05, 0.1) is 37.6 Å². The van der Waals surface area contributed by atoms with Crippen molar-refractivity contribution in [3.8, 4) is 0 Å². The molecular formula is C33H52O12. The highest BCUT2D eigenvalue weighted by Crippen LogP contribution is 2.65. The van der Waals surface area contributed by atoms with Crippen molar-refractivity contribution in [3.63, 3.8) is 0 Å². The molecule has 0 aromatic carbocycles. The lowest BCUT2D eigenvalue weighted by Crippen LogP contribution is -2.65. The Labute approximate surface area is 263 Å². The number of allylic oxidation sites excluding steroid dienone is 2. The van der Waals surface area contributed by atoms with Crippen LogP contribution in [0, 0.1) is 51.8 Å². The van der Waals surface area contributed by atoms with Crippen LogP contribution in [0.25, 0.3) is 0 Å². The lowest BCUT2D eigenvalue weighted by Gasteiger charge is -2.62. The number of aliphatic hydroxyl groups excluding tert-OH is 8. The Hall–Kier alpha value is -1.19. The van der Waals surface area contributed by atoms with Crippen LogP contribution >= 0.6 is 0 Å². The summed E-state index contributed by atoms with van der Waals surface area (Å²) in [6.07, 6.45) is -5.80. The Morgan fingerprint density at radius 3 is 2.27 bits per heavy atom. The van der Waals surface area contributed by atoms with Crippen molar-refractivity contribution < 1.29 is 60.2 Å². The molecule has 12 heteroatoms. The van der Waals surface area contributed by atoms with Gasteiger partial charge in [-0.15, -0.1) is 0 Å². The maximum Gasteiger partial charge on any atom is 0.312 e. The first-order chi connectivity index (χ1) is 21.1. The number of ether oxygens (including phenoxy) is 2. The van der Waals surface area contributed by atoms with E-state index < -0.39 is 83.9 Å². The van der Waals surface area contributed by atoms with Crippen LogP contribution in [0.3, 0.4) is 0 Å². The molecule has 0 spiro atoms. The average molecular weight is 641 g/mol. The number of hydrogen-bond acceptors (Lipinski definition) is 11. The minimum absolute atomic E-state index is 0.0103. The Balaban J connectivity index is 1.27. The summed E-state index contributed by atoms with van der Waals surface area (Å²) in [5.41, 5.74) is -1.77. The molecule has 1 aliphatic heterocycles. The topological polar surface area (TPSA) is 218 Å². The highest BCUT2D eigenvalue weighted by Gasteiger charge is 2.66. The quantitative estimate of drug-likeness (QED) is 0.141. The molecule has 0 aromatic rings. The zero-order valence-corrected chi connectivity index (χ0v) is 26.4. The van der Waals surface area contributed by atoms with E-state index >= 15 is 0 Å². The van der Waals surface area contributed by atoms with Crippen LogP contribution in [-0.2, 0) is 14.3 Å². The van der Waals surface area contributed by atoms with Gasteiger partial charge in [-0.1, -0.05) is 32.4 Å². The van der Waals surface area contributed by atoms with Gasteiger partial charge < -0.3 is 55.4 Å². The predicted molar refractivity (Wildman–Crippen MR) is 157 cm³/mol. The van der Waals surface area contributed by atoms with E-state index in [4.69, 9.17) is 9.47 Å². The smallest absolute Gasteiger partial charge is 0.312 e. The van der Waals surface area contributed by atoms with Crippen LogP contribution < -0.4 is 0 Å². The summed E-state index contributed by atoms with van der Waals surface area (Å²) in [5.74, 6) is -1.19. The van der Waals surface area contributed by atoms with Crippen LogP contribution in [0.2, 0.25) is 0 Å². The molecule has 0 aromatic heterocycles. The monoisotopic (exact) mass is 640 g/mol. The molecule has 17 atom stereocenters. The molecular weight excluding hydrogens is 588 g/mol. The van der Waals surface area contributed by atoms with Gasteiger partial charge in [0.1, 0.15) is 29.8 Å². The fourth-order valence-corrected chi connectivity index (χ4v) is 10.8. The number of aliphatic hydroxyl groups is 8. The third kappa shape index (κ3) is 4.97. The van der Waals surface area contributed by atoms with Crippen LogP contribution in [0.4, 0.5) is 0 Å². The van der Waals surface area contributed by atoms with E-state index in [-0.39, 0.29) is 48.5 Å². The fraction of sp³-hybridized carbons (Fsp3) is 0.909. The number of fused-ring (bicyclic) bond motifs is 7. The van der Waals surface area contributed by atoms with Crippen LogP contribution in [-0.4, -0.2) is 120 Å². The predicted octanol–water partition coefficient (Wildman–Crippen LogP) is -0.228. The van der Waals surface area contributed by atoms with E-state index in [0.29, 0.717) is 32.1 Å².